The van der Waals surface area contributed by atoms with E-state index in [1.165, 1.54) is 33.8 Å². The van der Waals surface area contributed by atoms with Gasteiger partial charge in [-0.05, 0) is 48.0 Å². The van der Waals surface area contributed by atoms with Crippen LogP contribution in [0.3, 0.4) is 0 Å². The normalized spacial score (nSPS) is 10.7. The van der Waals surface area contributed by atoms with Crippen molar-refractivity contribution in [3.63, 3.8) is 0 Å². The zero-order chi connectivity index (χ0) is 22.7. The second kappa shape index (κ2) is 9.30. The molecule has 0 aliphatic heterocycles. The third-order valence-corrected chi connectivity index (χ3v) is 5.21. The van der Waals surface area contributed by atoms with E-state index in [-0.39, 0.29) is 17.1 Å². The molecule has 0 saturated carbocycles. The average Bonchev–Trinajstić information content (AvgIpc) is 3.08. The molecule has 1 heterocycles. The van der Waals surface area contributed by atoms with Crippen LogP contribution in [-0.4, -0.2) is 15.3 Å². The van der Waals surface area contributed by atoms with Gasteiger partial charge in [-0.1, -0.05) is 53.5 Å². The number of hydrogen-bond donors (Lipinski definition) is 2. The van der Waals surface area contributed by atoms with E-state index in [1.807, 2.05) is 6.07 Å². The second-order valence-corrected chi connectivity index (χ2v) is 7.77. The summed E-state index contributed by atoms with van der Waals surface area (Å²) in [7, 11) is 0. The van der Waals surface area contributed by atoms with Gasteiger partial charge < -0.3 is 0 Å². The van der Waals surface area contributed by atoms with Crippen LogP contribution < -0.4 is 16.4 Å². The lowest BCUT2D eigenvalue weighted by molar-refractivity contribution is 0.0961. The summed E-state index contributed by atoms with van der Waals surface area (Å²) >= 11 is 12.3. The average molecular weight is 471 g/mol. The molecule has 0 fully saturated rings. The number of carbonyl (C=O) groups excluding carboxylic acids is 1. The first-order valence-electron chi connectivity index (χ1n) is 9.56. The first-order valence-corrected chi connectivity index (χ1v) is 10.3. The highest BCUT2D eigenvalue weighted by atomic mass is 35.5. The third-order valence-electron chi connectivity index (χ3n) is 4.67. The Morgan fingerprint density at radius 1 is 0.969 bits per heavy atom. The Labute approximate surface area is 192 Å². The van der Waals surface area contributed by atoms with E-state index in [1.54, 1.807) is 48.5 Å². The van der Waals surface area contributed by atoms with Crippen LogP contribution >= 0.6 is 23.2 Å². The van der Waals surface area contributed by atoms with Gasteiger partial charge in [-0.25, -0.2) is 9.07 Å². The van der Waals surface area contributed by atoms with Crippen LogP contribution in [-0.2, 0) is 6.54 Å². The van der Waals surface area contributed by atoms with Crippen molar-refractivity contribution in [3.05, 3.63) is 116 Å². The SMILES string of the molecule is O=C(NNc1ccccc1)c1cn(Cc2cccc(F)c2)n(-c2ccc(Cl)cc2Cl)c1=O. The molecule has 0 spiro atoms. The first kappa shape index (κ1) is 21.7. The fourth-order valence-electron chi connectivity index (χ4n) is 3.21. The molecule has 0 bridgehead atoms. The van der Waals surface area contributed by atoms with Crippen molar-refractivity contribution in [3.8, 4) is 5.69 Å². The summed E-state index contributed by atoms with van der Waals surface area (Å²) in [6.07, 6.45) is 1.40. The molecule has 4 rings (SSSR count). The number of benzene rings is 3. The predicted octanol–water partition coefficient (Wildman–Crippen LogP) is 4.89. The highest BCUT2D eigenvalue weighted by Gasteiger charge is 2.21. The van der Waals surface area contributed by atoms with Gasteiger partial charge in [-0.2, -0.15) is 0 Å². The number of carbonyl (C=O) groups is 1. The number of nitrogens with zero attached hydrogens (tertiary/aromatic N) is 2. The summed E-state index contributed by atoms with van der Waals surface area (Å²) in [6, 6.07) is 19.6. The minimum absolute atomic E-state index is 0.115. The van der Waals surface area contributed by atoms with Gasteiger partial charge >= 0.3 is 0 Å². The molecule has 162 valence electrons. The van der Waals surface area contributed by atoms with Crippen molar-refractivity contribution in [1.29, 1.82) is 0 Å². The number of hydrazine groups is 1. The summed E-state index contributed by atoms with van der Waals surface area (Å²) in [6.45, 7) is 0.130. The second-order valence-electron chi connectivity index (χ2n) is 6.93. The molecule has 1 aromatic heterocycles. The molecule has 0 aliphatic rings. The van der Waals surface area contributed by atoms with Crippen molar-refractivity contribution in [1.82, 2.24) is 14.8 Å². The van der Waals surface area contributed by atoms with Gasteiger partial charge in [-0.15, -0.1) is 0 Å². The predicted molar refractivity (Wildman–Crippen MR) is 123 cm³/mol. The molecule has 0 saturated heterocycles. The maximum atomic E-state index is 13.7. The molecule has 2 N–H and O–H groups in total. The minimum Gasteiger partial charge on any atom is -0.298 e. The van der Waals surface area contributed by atoms with E-state index in [2.05, 4.69) is 10.9 Å². The summed E-state index contributed by atoms with van der Waals surface area (Å²) in [4.78, 5) is 26.0. The summed E-state index contributed by atoms with van der Waals surface area (Å²) in [5, 5.41) is 0.632. The van der Waals surface area contributed by atoms with E-state index >= 15 is 0 Å². The Morgan fingerprint density at radius 3 is 2.47 bits per heavy atom. The lowest BCUT2D eigenvalue weighted by atomic mass is 10.2. The highest BCUT2D eigenvalue weighted by Crippen LogP contribution is 2.24. The molecule has 6 nitrogen and oxygen atoms in total. The van der Waals surface area contributed by atoms with Crippen LogP contribution in [0, 0.1) is 5.82 Å². The molecule has 4 aromatic rings. The summed E-state index contributed by atoms with van der Waals surface area (Å²) in [5.74, 6) is -1.03. The van der Waals surface area contributed by atoms with Gasteiger partial charge in [-0.3, -0.25) is 25.1 Å². The molecule has 0 radical (unpaired) electrons. The molecule has 3 aromatic carbocycles. The summed E-state index contributed by atoms with van der Waals surface area (Å²) in [5.41, 5.74) is 6.18. The molecule has 9 heteroatoms. The number of halogens is 3. The lowest BCUT2D eigenvalue weighted by Crippen LogP contribution is -2.33. The largest absolute Gasteiger partial charge is 0.298 e. The number of anilines is 1. The Morgan fingerprint density at radius 2 is 1.75 bits per heavy atom. The molecular formula is C23H17Cl2FN4O2. The number of nitrogens with one attached hydrogen (secondary N) is 2. The Balaban J connectivity index is 1.73. The molecular weight excluding hydrogens is 454 g/mol. The van der Waals surface area contributed by atoms with E-state index in [0.717, 1.165) is 0 Å². The van der Waals surface area contributed by atoms with Crippen LogP contribution in [0.5, 0.6) is 0 Å². The molecule has 1 amide bonds. The van der Waals surface area contributed by atoms with Gasteiger partial charge in [0.15, 0.2) is 0 Å². The third kappa shape index (κ3) is 4.69. The molecule has 0 unspecified atom stereocenters. The number of hydrogen-bond acceptors (Lipinski definition) is 3. The number of amides is 1. The van der Waals surface area contributed by atoms with E-state index < -0.39 is 17.3 Å². The maximum absolute atomic E-state index is 13.7. The van der Waals surface area contributed by atoms with Crippen molar-refractivity contribution < 1.29 is 9.18 Å². The molecule has 0 atom stereocenters. The van der Waals surface area contributed by atoms with Crippen molar-refractivity contribution in [2.45, 2.75) is 6.54 Å². The lowest BCUT2D eigenvalue weighted by Gasteiger charge is -2.13. The van der Waals surface area contributed by atoms with Crippen LogP contribution in [0.4, 0.5) is 10.1 Å². The Bertz CT molecular complexity index is 1340. The van der Waals surface area contributed by atoms with Gasteiger partial charge in [0.1, 0.15) is 11.4 Å². The Kier molecular flexibility index (Phi) is 6.30. The van der Waals surface area contributed by atoms with Gasteiger partial charge in [0.2, 0.25) is 0 Å². The van der Waals surface area contributed by atoms with Crippen molar-refractivity contribution >= 4 is 34.8 Å². The Hall–Kier alpha value is -3.55. The molecule has 32 heavy (non-hydrogen) atoms. The van der Waals surface area contributed by atoms with Crippen LogP contribution in [0.25, 0.3) is 5.69 Å². The van der Waals surface area contributed by atoms with Crippen LogP contribution in [0.15, 0.2) is 83.8 Å². The fraction of sp³-hybridized carbons (Fsp3) is 0.0435. The van der Waals surface area contributed by atoms with Crippen molar-refractivity contribution in [2.75, 3.05) is 5.43 Å². The van der Waals surface area contributed by atoms with Gasteiger partial charge in [0.05, 0.1) is 22.9 Å². The number of rotatable bonds is 6. The van der Waals surface area contributed by atoms with Crippen molar-refractivity contribution in [2.24, 2.45) is 0 Å². The van der Waals surface area contributed by atoms with E-state index in [0.29, 0.717) is 22.0 Å². The topological polar surface area (TPSA) is 68.1 Å². The monoisotopic (exact) mass is 470 g/mol. The fourth-order valence-corrected chi connectivity index (χ4v) is 3.69. The number of aromatic nitrogens is 2. The number of para-hydroxylation sites is 1. The van der Waals surface area contributed by atoms with E-state index in [4.69, 9.17) is 23.2 Å². The minimum atomic E-state index is -0.629. The molecule has 0 aliphatic carbocycles. The first-order chi connectivity index (χ1) is 15.4. The smallest absolute Gasteiger partial charge is 0.284 e. The van der Waals surface area contributed by atoms with Crippen LogP contribution in [0.2, 0.25) is 10.0 Å². The van der Waals surface area contributed by atoms with E-state index in [9.17, 15) is 14.0 Å². The zero-order valence-electron chi connectivity index (χ0n) is 16.6. The standard InChI is InChI=1S/C23H17Cl2FN4O2/c24-16-9-10-21(20(25)12-16)30-23(32)19(22(31)28-27-18-7-2-1-3-8-18)14-29(30)13-15-5-4-6-17(26)11-15/h1-12,14,27H,13H2,(H,28,31). The van der Waals surface area contributed by atoms with Gasteiger partial charge in [0.25, 0.3) is 11.5 Å². The zero-order valence-corrected chi connectivity index (χ0v) is 18.1. The quantitative estimate of drug-likeness (QED) is 0.394. The van der Waals surface area contributed by atoms with Gasteiger partial charge in [0, 0.05) is 11.2 Å². The van der Waals surface area contributed by atoms with Crippen LogP contribution in [0.1, 0.15) is 15.9 Å². The maximum Gasteiger partial charge on any atom is 0.284 e. The highest BCUT2D eigenvalue weighted by molar-refractivity contribution is 6.35. The summed E-state index contributed by atoms with van der Waals surface area (Å²) < 4.78 is 16.5.